The molecule has 0 saturated carbocycles. The van der Waals surface area contributed by atoms with Crippen molar-refractivity contribution in [3.8, 4) is 5.75 Å². The minimum atomic E-state index is -4.55. The van der Waals surface area contributed by atoms with Crippen LogP contribution >= 0.6 is 0 Å². The standard InChI is InChI=1S/C23H28BF3N2O4/c1-21(2)22(3,4)33-24(32-21)16-10-12-17(13-11-16)31-15-7-14-28-20(30)29-19-9-6-5-8-18(19)23(25,26)27/h5-6,8-13H,7,14-15H2,1-4H3,(H2,28,29,30). The molecule has 33 heavy (non-hydrogen) atoms. The molecule has 1 aliphatic rings. The molecule has 1 saturated heterocycles. The highest BCUT2D eigenvalue weighted by molar-refractivity contribution is 6.62. The second kappa shape index (κ2) is 9.65. The molecule has 0 aliphatic carbocycles. The Morgan fingerprint density at radius 3 is 2.21 bits per heavy atom. The number of hydrogen-bond donors (Lipinski definition) is 2. The number of nitrogens with one attached hydrogen (secondary N) is 2. The first-order chi connectivity index (χ1) is 15.4. The predicted octanol–water partition coefficient (Wildman–Crippen LogP) is 4.60. The Balaban J connectivity index is 1.40. The summed E-state index contributed by atoms with van der Waals surface area (Å²) in [5, 5.41) is 4.76. The van der Waals surface area contributed by atoms with Gasteiger partial charge in [-0.1, -0.05) is 24.3 Å². The molecule has 2 amide bonds. The first-order valence-electron chi connectivity index (χ1n) is 10.7. The summed E-state index contributed by atoms with van der Waals surface area (Å²) >= 11 is 0. The zero-order valence-electron chi connectivity index (χ0n) is 19.1. The third kappa shape index (κ3) is 6.20. The number of benzene rings is 2. The Hall–Kier alpha value is -2.72. The number of carbonyl (C=O) groups is 1. The van der Waals surface area contributed by atoms with E-state index in [1.54, 1.807) is 0 Å². The van der Waals surface area contributed by atoms with E-state index in [1.165, 1.54) is 18.2 Å². The highest BCUT2D eigenvalue weighted by Gasteiger charge is 2.51. The van der Waals surface area contributed by atoms with Gasteiger partial charge in [0.1, 0.15) is 5.75 Å². The van der Waals surface area contributed by atoms with Crippen molar-refractivity contribution in [2.75, 3.05) is 18.5 Å². The fourth-order valence-corrected chi connectivity index (χ4v) is 3.17. The maximum Gasteiger partial charge on any atom is 0.494 e. The molecule has 2 aromatic carbocycles. The van der Waals surface area contributed by atoms with Crippen LogP contribution in [0.5, 0.6) is 5.75 Å². The molecule has 2 aromatic rings. The quantitative estimate of drug-likeness (QED) is 0.465. The summed E-state index contributed by atoms with van der Waals surface area (Å²) in [7, 11) is -0.450. The summed E-state index contributed by atoms with van der Waals surface area (Å²) in [5.74, 6) is 0.652. The zero-order valence-corrected chi connectivity index (χ0v) is 19.1. The van der Waals surface area contributed by atoms with Gasteiger partial charge in [0, 0.05) is 6.54 Å². The molecule has 0 radical (unpaired) electrons. The predicted molar refractivity (Wildman–Crippen MR) is 121 cm³/mol. The van der Waals surface area contributed by atoms with Gasteiger partial charge in [-0.05, 0) is 63.8 Å². The summed E-state index contributed by atoms with van der Waals surface area (Å²) in [6, 6.07) is 11.5. The second-order valence-corrected chi connectivity index (χ2v) is 8.78. The lowest BCUT2D eigenvalue weighted by Gasteiger charge is -2.32. The van der Waals surface area contributed by atoms with Gasteiger partial charge in [0.15, 0.2) is 0 Å². The van der Waals surface area contributed by atoms with Gasteiger partial charge >= 0.3 is 19.3 Å². The van der Waals surface area contributed by atoms with Crippen LogP contribution in [0.25, 0.3) is 0 Å². The van der Waals surface area contributed by atoms with Gasteiger partial charge in [0.25, 0.3) is 0 Å². The number of halogens is 3. The Morgan fingerprint density at radius 2 is 1.61 bits per heavy atom. The number of alkyl halides is 3. The number of carbonyl (C=O) groups excluding carboxylic acids is 1. The molecule has 0 unspecified atom stereocenters. The lowest BCUT2D eigenvalue weighted by Crippen LogP contribution is -2.41. The topological polar surface area (TPSA) is 68.8 Å². The lowest BCUT2D eigenvalue weighted by molar-refractivity contribution is -0.136. The van der Waals surface area contributed by atoms with E-state index in [-0.39, 0.29) is 12.2 Å². The molecule has 0 atom stereocenters. The number of rotatable bonds is 7. The Bertz CT molecular complexity index is 949. The van der Waals surface area contributed by atoms with E-state index in [4.69, 9.17) is 14.0 Å². The van der Waals surface area contributed by atoms with Crippen molar-refractivity contribution in [3.63, 3.8) is 0 Å². The Kier molecular flexibility index (Phi) is 7.28. The van der Waals surface area contributed by atoms with Crippen LogP contribution in [-0.4, -0.2) is 37.5 Å². The average molecular weight is 464 g/mol. The van der Waals surface area contributed by atoms with Crippen molar-refractivity contribution in [2.45, 2.75) is 51.5 Å². The molecule has 6 nitrogen and oxygen atoms in total. The summed E-state index contributed by atoms with van der Waals surface area (Å²) in [5.41, 5.74) is -1.13. The zero-order chi connectivity index (χ0) is 24.3. The maximum atomic E-state index is 13.0. The summed E-state index contributed by atoms with van der Waals surface area (Å²) < 4.78 is 56.7. The number of urea groups is 1. The monoisotopic (exact) mass is 464 g/mol. The summed E-state index contributed by atoms with van der Waals surface area (Å²) in [6.45, 7) is 8.55. The summed E-state index contributed by atoms with van der Waals surface area (Å²) in [6.07, 6.45) is -4.07. The largest absolute Gasteiger partial charge is 0.494 e. The van der Waals surface area contributed by atoms with Crippen LogP contribution < -0.4 is 20.8 Å². The molecule has 0 aromatic heterocycles. The lowest BCUT2D eigenvalue weighted by atomic mass is 9.79. The van der Waals surface area contributed by atoms with Crippen LogP contribution in [0.3, 0.4) is 0 Å². The fourth-order valence-electron chi connectivity index (χ4n) is 3.17. The third-order valence-corrected chi connectivity index (χ3v) is 5.76. The number of anilines is 1. The van der Waals surface area contributed by atoms with Gasteiger partial charge in [0.2, 0.25) is 0 Å². The van der Waals surface area contributed by atoms with Crippen molar-refractivity contribution in [2.24, 2.45) is 0 Å². The minimum Gasteiger partial charge on any atom is -0.494 e. The molecule has 1 fully saturated rings. The summed E-state index contributed by atoms with van der Waals surface area (Å²) in [4.78, 5) is 11.9. The van der Waals surface area contributed by atoms with Gasteiger partial charge in [-0.15, -0.1) is 0 Å². The van der Waals surface area contributed by atoms with Gasteiger partial charge < -0.3 is 24.7 Å². The van der Waals surface area contributed by atoms with Crippen LogP contribution in [0.4, 0.5) is 23.7 Å². The Morgan fingerprint density at radius 1 is 1.00 bits per heavy atom. The molecule has 2 N–H and O–H groups in total. The van der Waals surface area contributed by atoms with Crippen LogP contribution in [0.15, 0.2) is 48.5 Å². The molecular weight excluding hydrogens is 436 g/mol. The van der Waals surface area contributed by atoms with Crippen LogP contribution in [0.1, 0.15) is 39.7 Å². The van der Waals surface area contributed by atoms with Crippen molar-refractivity contribution in [1.29, 1.82) is 0 Å². The van der Waals surface area contributed by atoms with Gasteiger partial charge in [-0.25, -0.2) is 4.79 Å². The van der Waals surface area contributed by atoms with Crippen molar-refractivity contribution < 1.29 is 32.0 Å². The molecule has 1 heterocycles. The number of ether oxygens (including phenoxy) is 1. The van der Waals surface area contributed by atoms with E-state index in [2.05, 4.69) is 10.6 Å². The van der Waals surface area contributed by atoms with E-state index in [9.17, 15) is 18.0 Å². The van der Waals surface area contributed by atoms with Crippen LogP contribution in [0.2, 0.25) is 0 Å². The molecule has 10 heteroatoms. The van der Waals surface area contributed by atoms with E-state index >= 15 is 0 Å². The highest BCUT2D eigenvalue weighted by Crippen LogP contribution is 2.36. The number of amides is 2. The van der Waals surface area contributed by atoms with Gasteiger partial charge in [-0.2, -0.15) is 13.2 Å². The van der Waals surface area contributed by atoms with Crippen molar-refractivity contribution in [3.05, 3.63) is 54.1 Å². The number of hydrogen-bond acceptors (Lipinski definition) is 4. The molecule has 1 aliphatic heterocycles. The van der Waals surface area contributed by atoms with Crippen LogP contribution in [0, 0.1) is 0 Å². The van der Waals surface area contributed by atoms with Crippen molar-refractivity contribution in [1.82, 2.24) is 5.32 Å². The average Bonchev–Trinajstić information content (AvgIpc) is 2.95. The van der Waals surface area contributed by atoms with Gasteiger partial charge in [0.05, 0.1) is 29.1 Å². The van der Waals surface area contributed by atoms with E-state index in [0.29, 0.717) is 18.8 Å². The highest BCUT2D eigenvalue weighted by atomic mass is 19.4. The Labute approximate surface area is 191 Å². The SMILES string of the molecule is CC1(C)OB(c2ccc(OCCCNC(=O)Nc3ccccc3C(F)(F)F)cc2)OC1(C)C. The first kappa shape index (κ1) is 24.9. The first-order valence-corrected chi connectivity index (χ1v) is 10.7. The molecular formula is C23H28BF3N2O4. The van der Waals surface area contributed by atoms with Gasteiger partial charge in [-0.3, -0.25) is 0 Å². The maximum absolute atomic E-state index is 13.0. The molecule has 178 valence electrons. The molecule has 0 bridgehead atoms. The number of para-hydroxylation sites is 1. The normalized spacial score (nSPS) is 17.0. The smallest absolute Gasteiger partial charge is 0.494 e. The van der Waals surface area contributed by atoms with Crippen molar-refractivity contribution >= 4 is 24.3 Å². The van der Waals surface area contributed by atoms with E-state index in [1.807, 2.05) is 52.0 Å². The molecule has 0 spiro atoms. The second-order valence-electron chi connectivity index (χ2n) is 8.78. The van der Waals surface area contributed by atoms with E-state index in [0.717, 1.165) is 11.5 Å². The molecule has 3 rings (SSSR count). The minimum absolute atomic E-state index is 0.242. The third-order valence-electron chi connectivity index (χ3n) is 5.76. The van der Waals surface area contributed by atoms with E-state index < -0.39 is 36.1 Å². The fraction of sp³-hybridized carbons (Fsp3) is 0.435. The van der Waals surface area contributed by atoms with Crippen LogP contribution in [-0.2, 0) is 15.5 Å².